The van der Waals surface area contributed by atoms with Crippen molar-refractivity contribution < 1.29 is 9.53 Å². The second-order valence-electron chi connectivity index (χ2n) is 5.63. The Balaban J connectivity index is 2.05. The average Bonchev–Trinajstić information content (AvgIpc) is 2.50. The molecule has 4 heteroatoms. The van der Waals surface area contributed by atoms with Gasteiger partial charge in [0.1, 0.15) is 0 Å². The summed E-state index contributed by atoms with van der Waals surface area (Å²) in [7, 11) is 0. The van der Waals surface area contributed by atoms with E-state index in [1.165, 1.54) is 11.1 Å². The molecule has 116 valence electrons. The SMILES string of the molecule is CCCC(=O)NCC(c1ccc(C)cc1)N1CCOCC1. The van der Waals surface area contributed by atoms with E-state index in [0.717, 1.165) is 32.7 Å². The molecule has 1 saturated heterocycles. The molecule has 0 radical (unpaired) electrons. The van der Waals surface area contributed by atoms with Gasteiger partial charge in [-0.25, -0.2) is 0 Å². The van der Waals surface area contributed by atoms with Crippen molar-refractivity contribution in [1.82, 2.24) is 10.2 Å². The van der Waals surface area contributed by atoms with Crippen LogP contribution in [0.25, 0.3) is 0 Å². The number of hydrogen-bond donors (Lipinski definition) is 1. The maximum Gasteiger partial charge on any atom is 0.220 e. The quantitative estimate of drug-likeness (QED) is 0.874. The molecule has 1 aliphatic heterocycles. The number of benzene rings is 1. The van der Waals surface area contributed by atoms with Crippen molar-refractivity contribution in [3.63, 3.8) is 0 Å². The third-order valence-electron chi connectivity index (χ3n) is 3.92. The Morgan fingerprint density at radius 2 is 1.95 bits per heavy atom. The Labute approximate surface area is 127 Å². The molecule has 1 aromatic rings. The number of hydrogen-bond acceptors (Lipinski definition) is 3. The summed E-state index contributed by atoms with van der Waals surface area (Å²) in [5.74, 6) is 0.142. The minimum atomic E-state index is 0.142. The van der Waals surface area contributed by atoms with E-state index in [1.807, 2.05) is 6.92 Å². The Bertz CT molecular complexity index is 439. The molecule has 0 spiro atoms. The van der Waals surface area contributed by atoms with E-state index in [2.05, 4.69) is 41.4 Å². The molecule has 1 N–H and O–H groups in total. The lowest BCUT2D eigenvalue weighted by molar-refractivity contribution is -0.121. The summed E-state index contributed by atoms with van der Waals surface area (Å²) in [5, 5.41) is 3.07. The smallest absolute Gasteiger partial charge is 0.220 e. The number of aryl methyl sites for hydroxylation is 1. The maximum absolute atomic E-state index is 11.8. The zero-order valence-corrected chi connectivity index (χ0v) is 13.1. The lowest BCUT2D eigenvalue weighted by Crippen LogP contribution is -2.43. The third kappa shape index (κ3) is 4.83. The van der Waals surface area contributed by atoms with Crippen LogP contribution in [0.1, 0.15) is 36.9 Å². The minimum absolute atomic E-state index is 0.142. The minimum Gasteiger partial charge on any atom is -0.379 e. The molecule has 1 atom stereocenters. The molecular formula is C17H26N2O2. The van der Waals surface area contributed by atoms with Crippen LogP contribution in [0.3, 0.4) is 0 Å². The largest absolute Gasteiger partial charge is 0.379 e. The van der Waals surface area contributed by atoms with Crippen LogP contribution >= 0.6 is 0 Å². The fourth-order valence-corrected chi connectivity index (χ4v) is 2.66. The first-order valence-electron chi connectivity index (χ1n) is 7.85. The zero-order valence-electron chi connectivity index (χ0n) is 13.1. The van der Waals surface area contributed by atoms with Crippen molar-refractivity contribution in [2.45, 2.75) is 32.7 Å². The van der Waals surface area contributed by atoms with Gasteiger partial charge >= 0.3 is 0 Å². The van der Waals surface area contributed by atoms with Gasteiger partial charge in [0.05, 0.1) is 19.3 Å². The number of morpholine rings is 1. The number of carbonyl (C=O) groups excluding carboxylic acids is 1. The molecule has 1 aromatic carbocycles. The number of ether oxygens (including phenoxy) is 1. The van der Waals surface area contributed by atoms with Gasteiger partial charge in [0.15, 0.2) is 0 Å². The lowest BCUT2D eigenvalue weighted by atomic mass is 10.0. The summed E-state index contributed by atoms with van der Waals surface area (Å²) in [6.45, 7) is 8.17. The van der Waals surface area contributed by atoms with Crippen LogP contribution in [0.2, 0.25) is 0 Å². The maximum atomic E-state index is 11.8. The van der Waals surface area contributed by atoms with Crippen molar-refractivity contribution in [1.29, 1.82) is 0 Å². The van der Waals surface area contributed by atoms with Crippen molar-refractivity contribution in [2.75, 3.05) is 32.8 Å². The van der Waals surface area contributed by atoms with Crippen LogP contribution in [-0.4, -0.2) is 43.7 Å². The standard InChI is InChI=1S/C17H26N2O2/c1-3-4-17(20)18-13-16(19-9-11-21-12-10-19)15-7-5-14(2)6-8-15/h5-8,16H,3-4,9-13H2,1-2H3,(H,18,20). The molecule has 1 amide bonds. The molecule has 4 nitrogen and oxygen atoms in total. The molecule has 2 rings (SSSR count). The number of nitrogens with one attached hydrogen (secondary N) is 1. The molecule has 1 heterocycles. The highest BCUT2D eigenvalue weighted by molar-refractivity contribution is 5.75. The summed E-state index contributed by atoms with van der Waals surface area (Å²) in [6.07, 6.45) is 1.49. The number of rotatable bonds is 6. The van der Waals surface area contributed by atoms with Crippen molar-refractivity contribution in [3.05, 3.63) is 35.4 Å². The molecule has 21 heavy (non-hydrogen) atoms. The van der Waals surface area contributed by atoms with Gasteiger partial charge in [-0.1, -0.05) is 36.8 Å². The zero-order chi connectivity index (χ0) is 15.1. The summed E-state index contributed by atoms with van der Waals surface area (Å²) in [5.41, 5.74) is 2.52. The summed E-state index contributed by atoms with van der Waals surface area (Å²) < 4.78 is 5.44. The number of carbonyl (C=O) groups is 1. The van der Waals surface area contributed by atoms with Crippen LogP contribution in [0.4, 0.5) is 0 Å². The van der Waals surface area contributed by atoms with Crippen molar-refractivity contribution >= 4 is 5.91 Å². The van der Waals surface area contributed by atoms with E-state index in [1.54, 1.807) is 0 Å². The van der Waals surface area contributed by atoms with E-state index in [-0.39, 0.29) is 11.9 Å². The summed E-state index contributed by atoms with van der Waals surface area (Å²) in [6, 6.07) is 8.84. The predicted octanol–water partition coefficient (Wildman–Crippen LogP) is 2.28. The van der Waals surface area contributed by atoms with Gasteiger partial charge in [0.2, 0.25) is 5.91 Å². The Kier molecular flexibility index (Phi) is 6.21. The predicted molar refractivity (Wildman–Crippen MR) is 84.2 cm³/mol. The molecule has 1 unspecified atom stereocenters. The van der Waals surface area contributed by atoms with Crippen LogP contribution in [0.15, 0.2) is 24.3 Å². The van der Waals surface area contributed by atoms with Gasteiger partial charge in [-0.15, -0.1) is 0 Å². The Morgan fingerprint density at radius 3 is 2.57 bits per heavy atom. The van der Waals surface area contributed by atoms with E-state index in [0.29, 0.717) is 13.0 Å². The highest BCUT2D eigenvalue weighted by Crippen LogP contribution is 2.21. The average molecular weight is 290 g/mol. The Hall–Kier alpha value is -1.39. The molecule has 0 aliphatic carbocycles. The van der Waals surface area contributed by atoms with E-state index in [9.17, 15) is 4.79 Å². The second kappa shape index (κ2) is 8.15. The topological polar surface area (TPSA) is 41.6 Å². The van der Waals surface area contributed by atoms with E-state index >= 15 is 0 Å². The molecule has 1 fully saturated rings. The number of amides is 1. The van der Waals surface area contributed by atoms with Gasteiger partial charge in [-0.3, -0.25) is 9.69 Å². The fourth-order valence-electron chi connectivity index (χ4n) is 2.66. The van der Waals surface area contributed by atoms with Gasteiger partial charge in [-0.05, 0) is 18.9 Å². The highest BCUT2D eigenvalue weighted by atomic mass is 16.5. The fraction of sp³-hybridized carbons (Fsp3) is 0.588. The van der Waals surface area contributed by atoms with E-state index in [4.69, 9.17) is 4.74 Å². The van der Waals surface area contributed by atoms with Gasteiger partial charge in [0, 0.05) is 26.1 Å². The van der Waals surface area contributed by atoms with E-state index < -0.39 is 0 Å². The normalized spacial score (nSPS) is 17.4. The summed E-state index contributed by atoms with van der Waals surface area (Å²) in [4.78, 5) is 14.2. The Morgan fingerprint density at radius 1 is 1.29 bits per heavy atom. The highest BCUT2D eigenvalue weighted by Gasteiger charge is 2.22. The van der Waals surface area contributed by atoms with Crippen molar-refractivity contribution in [3.8, 4) is 0 Å². The summed E-state index contributed by atoms with van der Waals surface area (Å²) >= 11 is 0. The van der Waals surface area contributed by atoms with Crippen molar-refractivity contribution in [2.24, 2.45) is 0 Å². The molecular weight excluding hydrogens is 264 g/mol. The third-order valence-corrected chi connectivity index (χ3v) is 3.92. The first-order valence-corrected chi connectivity index (χ1v) is 7.85. The molecule has 0 bridgehead atoms. The van der Waals surface area contributed by atoms with Gasteiger partial charge < -0.3 is 10.1 Å². The van der Waals surface area contributed by atoms with Crippen LogP contribution in [0.5, 0.6) is 0 Å². The van der Waals surface area contributed by atoms with Crippen LogP contribution < -0.4 is 5.32 Å². The first-order chi connectivity index (χ1) is 10.2. The van der Waals surface area contributed by atoms with Gasteiger partial charge in [-0.2, -0.15) is 0 Å². The number of nitrogens with zero attached hydrogens (tertiary/aromatic N) is 1. The van der Waals surface area contributed by atoms with Crippen LogP contribution in [-0.2, 0) is 9.53 Å². The van der Waals surface area contributed by atoms with Gasteiger partial charge in [0.25, 0.3) is 0 Å². The molecule has 0 aromatic heterocycles. The monoisotopic (exact) mass is 290 g/mol. The molecule has 1 aliphatic rings. The second-order valence-corrected chi connectivity index (χ2v) is 5.63. The lowest BCUT2D eigenvalue weighted by Gasteiger charge is -2.35. The first kappa shape index (κ1) is 16.0. The molecule has 0 saturated carbocycles. The van der Waals surface area contributed by atoms with Crippen LogP contribution in [0, 0.1) is 6.92 Å².